The Morgan fingerprint density at radius 2 is 2.13 bits per heavy atom. The van der Waals surface area contributed by atoms with Gasteiger partial charge in [-0.15, -0.1) is 11.3 Å². The van der Waals surface area contributed by atoms with Gasteiger partial charge in [-0.3, -0.25) is 14.5 Å². The lowest BCUT2D eigenvalue weighted by Crippen LogP contribution is -2.30. The number of carbonyl (C=O) groups excluding carboxylic acids is 2. The topological polar surface area (TPSA) is 75.4 Å². The number of carbonyl (C=O) groups is 2. The molecular formula is C17H19N3O2S. The largest absolute Gasteiger partial charge is 0.366 e. The zero-order valence-electron chi connectivity index (χ0n) is 12.7. The highest BCUT2D eigenvalue weighted by molar-refractivity contribution is 7.10. The summed E-state index contributed by atoms with van der Waals surface area (Å²) in [6.07, 6.45) is 0.443. The fourth-order valence-corrected chi connectivity index (χ4v) is 3.76. The van der Waals surface area contributed by atoms with Gasteiger partial charge in [0.2, 0.25) is 11.8 Å². The number of benzene rings is 1. The fourth-order valence-electron chi connectivity index (χ4n) is 2.86. The maximum Gasteiger partial charge on any atom is 0.249 e. The summed E-state index contributed by atoms with van der Waals surface area (Å²) in [5.74, 6) is -0.329. The van der Waals surface area contributed by atoms with Crippen LogP contribution in [0.2, 0.25) is 0 Å². The zero-order valence-corrected chi connectivity index (χ0v) is 13.5. The number of primary amides is 1. The summed E-state index contributed by atoms with van der Waals surface area (Å²) >= 11 is 1.53. The SMILES string of the molecule is NC(=O)c1csc(CN2CCNC(=O)CC2c2ccccc2)c1. The van der Waals surface area contributed by atoms with Gasteiger partial charge in [0, 0.05) is 42.4 Å². The summed E-state index contributed by atoms with van der Waals surface area (Å²) in [5, 5.41) is 4.72. The summed E-state index contributed by atoms with van der Waals surface area (Å²) < 4.78 is 0. The molecular weight excluding hydrogens is 310 g/mol. The molecule has 120 valence electrons. The number of nitrogens with two attached hydrogens (primary N) is 1. The Bertz CT molecular complexity index is 699. The lowest BCUT2D eigenvalue weighted by Gasteiger charge is -2.28. The van der Waals surface area contributed by atoms with Crippen LogP contribution in [0.15, 0.2) is 41.8 Å². The molecule has 0 spiro atoms. The van der Waals surface area contributed by atoms with E-state index in [1.54, 1.807) is 5.38 Å². The van der Waals surface area contributed by atoms with Crippen molar-refractivity contribution in [2.45, 2.75) is 19.0 Å². The smallest absolute Gasteiger partial charge is 0.249 e. The monoisotopic (exact) mass is 329 g/mol. The second-order valence-electron chi connectivity index (χ2n) is 5.62. The van der Waals surface area contributed by atoms with Crippen molar-refractivity contribution in [3.63, 3.8) is 0 Å². The van der Waals surface area contributed by atoms with E-state index in [0.29, 0.717) is 25.1 Å². The average Bonchev–Trinajstić information content (AvgIpc) is 2.93. The molecule has 1 saturated heterocycles. The molecule has 1 aliphatic rings. The predicted octanol–water partition coefficient (Wildman–Crippen LogP) is 1.91. The van der Waals surface area contributed by atoms with Crippen LogP contribution >= 0.6 is 11.3 Å². The van der Waals surface area contributed by atoms with E-state index in [-0.39, 0.29) is 11.9 Å². The first kappa shape index (κ1) is 15.7. The van der Waals surface area contributed by atoms with Crippen molar-refractivity contribution in [3.05, 3.63) is 57.8 Å². The maximum atomic E-state index is 12.0. The van der Waals surface area contributed by atoms with Crippen LogP contribution in [0.3, 0.4) is 0 Å². The molecule has 1 unspecified atom stereocenters. The average molecular weight is 329 g/mol. The van der Waals surface area contributed by atoms with Gasteiger partial charge in [-0.05, 0) is 11.6 Å². The van der Waals surface area contributed by atoms with Crippen molar-refractivity contribution in [1.82, 2.24) is 10.2 Å². The summed E-state index contributed by atoms with van der Waals surface area (Å²) in [4.78, 5) is 26.6. The van der Waals surface area contributed by atoms with E-state index in [1.807, 2.05) is 24.3 Å². The van der Waals surface area contributed by atoms with Gasteiger partial charge in [0.25, 0.3) is 0 Å². The van der Waals surface area contributed by atoms with Crippen LogP contribution in [0.1, 0.15) is 33.3 Å². The summed E-state index contributed by atoms with van der Waals surface area (Å²) in [5.41, 5.74) is 7.00. The Balaban J connectivity index is 1.83. The summed E-state index contributed by atoms with van der Waals surface area (Å²) in [7, 11) is 0. The van der Waals surface area contributed by atoms with Crippen molar-refractivity contribution >= 4 is 23.2 Å². The molecule has 1 aromatic carbocycles. The minimum Gasteiger partial charge on any atom is -0.366 e. The minimum atomic E-state index is -0.403. The normalized spacial score (nSPS) is 19.1. The van der Waals surface area contributed by atoms with E-state index < -0.39 is 5.91 Å². The second-order valence-corrected chi connectivity index (χ2v) is 6.61. The van der Waals surface area contributed by atoms with Crippen LogP contribution < -0.4 is 11.1 Å². The van der Waals surface area contributed by atoms with Crippen molar-refractivity contribution in [2.24, 2.45) is 5.73 Å². The van der Waals surface area contributed by atoms with Gasteiger partial charge in [-0.1, -0.05) is 30.3 Å². The summed E-state index contributed by atoms with van der Waals surface area (Å²) in [6.45, 7) is 2.11. The molecule has 6 heteroatoms. The van der Waals surface area contributed by atoms with Gasteiger partial charge >= 0.3 is 0 Å². The molecule has 0 bridgehead atoms. The highest BCUT2D eigenvalue weighted by atomic mass is 32.1. The van der Waals surface area contributed by atoms with E-state index in [2.05, 4.69) is 22.3 Å². The third-order valence-corrected chi connectivity index (χ3v) is 4.94. The van der Waals surface area contributed by atoms with Gasteiger partial charge in [0.1, 0.15) is 0 Å². The van der Waals surface area contributed by atoms with Crippen LogP contribution in [0.4, 0.5) is 0 Å². The Labute approximate surface area is 139 Å². The molecule has 2 amide bonds. The number of thiophene rings is 1. The molecule has 3 rings (SSSR count). The number of hydrogen-bond donors (Lipinski definition) is 2. The van der Waals surface area contributed by atoms with Gasteiger partial charge in [-0.25, -0.2) is 0 Å². The quantitative estimate of drug-likeness (QED) is 0.900. The van der Waals surface area contributed by atoms with E-state index in [0.717, 1.165) is 17.0 Å². The Kier molecular flexibility index (Phi) is 4.73. The highest BCUT2D eigenvalue weighted by Crippen LogP contribution is 2.28. The molecule has 0 radical (unpaired) electrons. The van der Waals surface area contributed by atoms with Crippen molar-refractivity contribution in [2.75, 3.05) is 13.1 Å². The maximum absolute atomic E-state index is 12.0. The van der Waals surface area contributed by atoms with Gasteiger partial charge in [-0.2, -0.15) is 0 Å². The fraction of sp³-hybridized carbons (Fsp3) is 0.294. The van der Waals surface area contributed by atoms with Crippen LogP contribution in [0.5, 0.6) is 0 Å². The van der Waals surface area contributed by atoms with Gasteiger partial charge in [0.05, 0.1) is 5.56 Å². The zero-order chi connectivity index (χ0) is 16.2. The minimum absolute atomic E-state index is 0.0397. The van der Waals surface area contributed by atoms with E-state index in [4.69, 9.17) is 5.73 Å². The Morgan fingerprint density at radius 1 is 1.35 bits per heavy atom. The molecule has 1 fully saturated rings. The molecule has 2 heterocycles. The van der Waals surface area contributed by atoms with Crippen molar-refractivity contribution in [3.8, 4) is 0 Å². The van der Waals surface area contributed by atoms with E-state index >= 15 is 0 Å². The van der Waals surface area contributed by atoms with Gasteiger partial charge in [0.15, 0.2) is 0 Å². The van der Waals surface area contributed by atoms with E-state index in [9.17, 15) is 9.59 Å². The summed E-state index contributed by atoms with van der Waals surface area (Å²) in [6, 6.07) is 12.0. The molecule has 5 nitrogen and oxygen atoms in total. The van der Waals surface area contributed by atoms with Crippen LogP contribution in [-0.2, 0) is 11.3 Å². The van der Waals surface area contributed by atoms with Crippen molar-refractivity contribution in [1.29, 1.82) is 0 Å². The molecule has 3 N–H and O–H groups in total. The predicted molar refractivity (Wildman–Crippen MR) is 90.1 cm³/mol. The third kappa shape index (κ3) is 3.78. The van der Waals surface area contributed by atoms with Crippen LogP contribution in [0.25, 0.3) is 0 Å². The third-order valence-electron chi connectivity index (χ3n) is 4.02. The lowest BCUT2D eigenvalue weighted by atomic mass is 10.0. The number of nitrogens with one attached hydrogen (secondary N) is 1. The van der Waals surface area contributed by atoms with Crippen molar-refractivity contribution < 1.29 is 9.59 Å². The first-order valence-corrected chi connectivity index (χ1v) is 8.44. The first-order chi connectivity index (χ1) is 11.1. The van der Waals surface area contributed by atoms with Gasteiger partial charge < -0.3 is 11.1 Å². The highest BCUT2D eigenvalue weighted by Gasteiger charge is 2.26. The van der Waals surface area contributed by atoms with Crippen LogP contribution in [-0.4, -0.2) is 29.8 Å². The molecule has 23 heavy (non-hydrogen) atoms. The lowest BCUT2D eigenvalue weighted by molar-refractivity contribution is -0.121. The second kappa shape index (κ2) is 6.93. The standard InChI is InChI=1S/C17H19N3O2S/c18-17(22)13-8-14(23-11-13)10-20-7-6-19-16(21)9-15(20)12-4-2-1-3-5-12/h1-5,8,11,15H,6-7,9-10H2,(H2,18,22)(H,19,21). The molecule has 1 aliphatic heterocycles. The molecule has 0 aliphatic carbocycles. The number of nitrogens with zero attached hydrogens (tertiary/aromatic N) is 1. The number of amides is 2. The molecule has 1 aromatic heterocycles. The molecule has 2 aromatic rings. The number of rotatable bonds is 4. The number of hydrogen-bond acceptors (Lipinski definition) is 4. The Hall–Kier alpha value is -2.18. The Morgan fingerprint density at radius 3 is 2.83 bits per heavy atom. The molecule has 0 saturated carbocycles. The van der Waals surface area contributed by atoms with E-state index in [1.165, 1.54) is 11.3 Å². The molecule has 1 atom stereocenters. The first-order valence-electron chi connectivity index (χ1n) is 7.56. The van der Waals surface area contributed by atoms with Crippen LogP contribution in [0, 0.1) is 0 Å².